The van der Waals surface area contributed by atoms with Gasteiger partial charge in [0.2, 0.25) is 18.0 Å². The minimum Gasteiger partial charge on any atom is -0.344 e. The zero-order valence-corrected chi connectivity index (χ0v) is 26.7. The monoisotopic (exact) mass is 669 g/mol. The molecule has 3 N–H and O–H groups in total. The van der Waals surface area contributed by atoms with Gasteiger partial charge < -0.3 is 15.5 Å². The molecule has 1 heterocycles. The summed E-state index contributed by atoms with van der Waals surface area (Å²) in [5.41, 5.74) is 2.39. The van der Waals surface area contributed by atoms with E-state index in [-0.39, 0.29) is 6.67 Å². The minimum atomic E-state index is -4.51. The lowest BCUT2D eigenvalue weighted by Gasteiger charge is -2.23. The first kappa shape index (κ1) is 40.6. The van der Waals surface area contributed by atoms with E-state index in [9.17, 15) is 40.7 Å². The van der Waals surface area contributed by atoms with Gasteiger partial charge in [-0.25, -0.2) is 4.99 Å². The van der Waals surface area contributed by atoms with Crippen LogP contribution in [0.4, 0.5) is 32.0 Å². The molecule has 0 radical (unpaired) electrons. The summed E-state index contributed by atoms with van der Waals surface area (Å²) in [6, 6.07) is 16.2. The summed E-state index contributed by atoms with van der Waals surface area (Å²) in [7, 11) is 1.54. The summed E-state index contributed by atoms with van der Waals surface area (Å²) in [4.78, 5) is 45.0. The molecule has 258 valence electrons. The van der Waals surface area contributed by atoms with Crippen molar-refractivity contribution in [2.75, 3.05) is 25.2 Å². The second-order valence-corrected chi connectivity index (χ2v) is 10.8. The van der Waals surface area contributed by atoms with Crippen molar-refractivity contribution in [2.45, 2.75) is 65.0 Å². The van der Waals surface area contributed by atoms with Crippen molar-refractivity contribution >= 4 is 29.1 Å². The molecule has 0 fully saturated rings. The van der Waals surface area contributed by atoms with E-state index in [4.69, 9.17) is 0 Å². The Bertz CT molecular complexity index is 1340. The van der Waals surface area contributed by atoms with Crippen LogP contribution in [0.3, 0.4) is 0 Å². The number of para-hydroxylation sites is 1. The zero-order valence-electron chi connectivity index (χ0n) is 26.7. The minimum absolute atomic E-state index is 0.125. The molecule has 0 bridgehead atoms. The Balaban J connectivity index is 0.00000124. The quantitative estimate of drug-likeness (QED) is 0.122. The smallest absolute Gasteiger partial charge is 0.344 e. The van der Waals surface area contributed by atoms with E-state index in [1.54, 1.807) is 31.3 Å². The SMILES string of the molecule is C#C.CC(C)CNCNC(=O)C[C@@H](CCC(F)(F)F)C(=O)N[C@H]1N=C(c2ccccc2)c2ccccc2N(C)C1=O.CCC(F)(F)F. The number of rotatable bonds is 11. The van der Waals surface area contributed by atoms with E-state index < -0.39 is 67.8 Å². The van der Waals surface area contributed by atoms with Crippen LogP contribution in [-0.4, -0.2) is 62.2 Å². The van der Waals surface area contributed by atoms with Gasteiger partial charge in [-0.3, -0.25) is 19.7 Å². The first-order valence-corrected chi connectivity index (χ1v) is 14.8. The van der Waals surface area contributed by atoms with Crippen LogP contribution in [0, 0.1) is 24.7 Å². The van der Waals surface area contributed by atoms with Crippen molar-refractivity contribution in [1.29, 1.82) is 0 Å². The highest BCUT2D eigenvalue weighted by molar-refractivity contribution is 6.20. The highest BCUT2D eigenvalue weighted by atomic mass is 19.4. The van der Waals surface area contributed by atoms with Crippen molar-refractivity contribution in [2.24, 2.45) is 16.8 Å². The fraction of sp³-hybridized carbons (Fsp3) is 0.455. The van der Waals surface area contributed by atoms with Crippen LogP contribution in [-0.2, 0) is 14.4 Å². The molecular formula is C33H41F6N5O3. The zero-order chi connectivity index (χ0) is 35.8. The molecule has 3 rings (SSSR count). The normalized spacial score (nSPS) is 15.1. The molecule has 8 nitrogen and oxygen atoms in total. The summed E-state index contributed by atoms with van der Waals surface area (Å²) >= 11 is 0. The third-order valence-corrected chi connectivity index (χ3v) is 6.61. The number of likely N-dealkylation sites (N-methyl/N-ethyl adjacent to an activating group) is 1. The Morgan fingerprint density at radius 2 is 1.53 bits per heavy atom. The number of carbonyl (C=O) groups excluding carboxylic acids is 3. The Morgan fingerprint density at radius 1 is 0.957 bits per heavy atom. The maximum Gasteiger partial charge on any atom is 0.389 e. The maximum absolute atomic E-state index is 13.3. The molecule has 0 spiro atoms. The largest absolute Gasteiger partial charge is 0.389 e. The van der Waals surface area contributed by atoms with Gasteiger partial charge >= 0.3 is 12.4 Å². The number of fused-ring (bicyclic) bond motifs is 1. The Morgan fingerprint density at radius 3 is 2.09 bits per heavy atom. The number of hydrogen-bond donors (Lipinski definition) is 3. The number of anilines is 1. The number of benzene rings is 2. The summed E-state index contributed by atoms with van der Waals surface area (Å²) in [5, 5.41) is 8.10. The van der Waals surface area contributed by atoms with Crippen molar-refractivity contribution in [3.05, 3.63) is 65.7 Å². The second kappa shape index (κ2) is 19.3. The van der Waals surface area contributed by atoms with Crippen LogP contribution >= 0.6 is 0 Å². The van der Waals surface area contributed by atoms with Crippen molar-refractivity contribution in [3.63, 3.8) is 0 Å². The third kappa shape index (κ3) is 14.7. The topological polar surface area (TPSA) is 103 Å². The number of halogens is 6. The molecule has 0 aromatic heterocycles. The lowest BCUT2D eigenvalue weighted by Crippen LogP contribution is -2.48. The number of benzodiazepines with no additional fused rings is 1. The lowest BCUT2D eigenvalue weighted by molar-refractivity contribution is -0.144. The first-order valence-electron chi connectivity index (χ1n) is 14.8. The van der Waals surface area contributed by atoms with Gasteiger partial charge in [0.25, 0.3) is 5.91 Å². The fourth-order valence-electron chi connectivity index (χ4n) is 4.18. The number of carbonyl (C=O) groups is 3. The maximum atomic E-state index is 13.3. The van der Waals surface area contributed by atoms with Crippen LogP contribution in [0.1, 0.15) is 57.6 Å². The number of aliphatic imine (C=N–C) groups is 1. The predicted octanol–water partition coefficient (Wildman–Crippen LogP) is 5.82. The molecule has 0 unspecified atom stereocenters. The van der Waals surface area contributed by atoms with Gasteiger partial charge in [0.1, 0.15) is 0 Å². The summed E-state index contributed by atoms with van der Waals surface area (Å²) in [6.07, 6.45) is -4.90. The van der Waals surface area contributed by atoms with E-state index >= 15 is 0 Å². The summed E-state index contributed by atoms with van der Waals surface area (Å²) in [6.45, 7) is 5.82. The molecule has 2 atom stereocenters. The van der Waals surface area contributed by atoms with Crippen molar-refractivity contribution in [3.8, 4) is 12.8 Å². The van der Waals surface area contributed by atoms with Crippen LogP contribution in [0.5, 0.6) is 0 Å². The molecule has 0 saturated heterocycles. The first-order chi connectivity index (χ1) is 22.0. The van der Waals surface area contributed by atoms with Gasteiger partial charge in [0, 0.05) is 43.4 Å². The van der Waals surface area contributed by atoms with E-state index in [2.05, 4.69) is 33.8 Å². The van der Waals surface area contributed by atoms with Crippen molar-refractivity contribution < 1.29 is 40.7 Å². The average Bonchev–Trinajstić information content (AvgIpc) is 3.12. The number of amides is 3. The van der Waals surface area contributed by atoms with Crippen LogP contribution in [0.25, 0.3) is 0 Å². The molecule has 3 amide bonds. The van der Waals surface area contributed by atoms with Gasteiger partial charge in [-0.15, -0.1) is 12.8 Å². The Hall–Kier alpha value is -4.38. The molecule has 0 saturated carbocycles. The summed E-state index contributed by atoms with van der Waals surface area (Å²) < 4.78 is 71.5. The van der Waals surface area contributed by atoms with Crippen LogP contribution in [0.15, 0.2) is 59.6 Å². The van der Waals surface area contributed by atoms with Crippen molar-refractivity contribution in [1.82, 2.24) is 16.0 Å². The van der Waals surface area contributed by atoms with Gasteiger partial charge in [-0.2, -0.15) is 26.3 Å². The Kier molecular flexibility index (Phi) is 16.7. The molecular weight excluding hydrogens is 628 g/mol. The fourth-order valence-corrected chi connectivity index (χ4v) is 4.18. The van der Waals surface area contributed by atoms with Gasteiger partial charge in [-0.1, -0.05) is 69.3 Å². The van der Waals surface area contributed by atoms with Crippen LogP contribution in [0.2, 0.25) is 0 Å². The van der Waals surface area contributed by atoms with Gasteiger partial charge in [0.05, 0.1) is 18.1 Å². The van der Waals surface area contributed by atoms with Gasteiger partial charge in [0.15, 0.2) is 0 Å². The number of alkyl halides is 6. The number of hydrogen-bond acceptors (Lipinski definition) is 5. The molecule has 47 heavy (non-hydrogen) atoms. The van der Waals surface area contributed by atoms with Crippen LogP contribution < -0.4 is 20.9 Å². The molecule has 1 aliphatic heterocycles. The van der Waals surface area contributed by atoms with E-state index in [0.29, 0.717) is 35.0 Å². The van der Waals surface area contributed by atoms with E-state index in [1.807, 2.05) is 44.2 Å². The molecule has 14 heteroatoms. The molecule has 1 aliphatic rings. The summed E-state index contributed by atoms with van der Waals surface area (Å²) in [5.74, 6) is -2.94. The number of nitrogens with zero attached hydrogens (tertiary/aromatic N) is 2. The van der Waals surface area contributed by atoms with E-state index in [1.165, 1.54) is 4.90 Å². The van der Waals surface area contributed by atoms with Gasteiger partial charge in [-0.05, 0) is 24.9 Å². The predicted molar refractivity (Wildman–Crippen MR) is 169 cm³/mol. The molecule has 2 aromatic rings. The lowest BCUT2D eigenvalue weighted by atomic mass is 9.97. The average molecular weight is 670 g/mol. The highest BCUT2D eigenvalue weighted by Gasteiger charge is 2.35. The molecule has 2 aromatic carbocycles. The standard InChI is InChI=1S/C28H34F3N5O3.C3H5F3.C2H2/c1-18(2)16-32-17-33-23(37)15-20(13-14-28(29,30)31)26(38)35-25-27(39)36(3)22-12-8-7-11-21(22)24(34-25)19-9-5-4-6-10-19;1-2-3(4,5)6;1-2/h4-12,18,20,25,32H,13-17H2,1-3H3,(H,33,37)(H,35,38);2H2,1H3;1-2H/t20-,25-;;/m1../s1. The highest BCUT2D eigenvalue weighted by Crippen LogP contribution is 2.28. The Labute approximate surface area is 271 Å². The van der Waals surface area contributed by atoms with E-state index in [0.717, 1.165) is 6.92 Å². The molecule has 0 aliphatic carbocycles. The second-order valence-electron chi connectivity index (χ2n) is 10.8. The number of nitrogens with one attached hydrogen (secondary N) is 3. The third-order valence-electron chi connectivity index (χ3n) is 6.61. The number of terminal acetylenes is 1.